The number of rotatable bonds is 6. The van der Waals surface area contributed by atoms with Crippen molar-refractivity contribution in [2.45, 2.75) is 51.0 Å². The molecule has 1 aromatic carbocycles. The van der Waals surface area contributed by atoms with Gasteiger partial charge in [-0.3, -0.25) is 14.5 Å². The number of nitrogens with one attached hydrogen (secondary N) is 1. The third-order valence-electron chi connectivity index (χ3n) is 6.29. The van der Waals surface area contributed by atoms with Gasteiger partial charge in [-0.2, -0.15) is 0 Å². The zero-order valence-corrected chi connectivity index (χ0v) is 16.7. The fourth-order valence-electron chi connectivity index (χ4n) is 4.78. The highest BCUT2D eigenvalue weighted by atomic mass is 16.2. The number of hydrogen-bond acceptors (Lipinski definition) is 3. The van der Waals surface area contributed by atoms with Crippen LogP contribution in [0.2, 0.25) is 0 Å². The first-order valence-corrected chi connectivity index (χ1v) is 10.4. The van der Waals surface area contributed by atoms with Crippen molar-refractivity contribution < 1.29 is 9.59 Å². The molecule has 1 saturated heterocycles. The van der Waals surface area contributed by atoms with E-state index < -0.39 is 0 Å². The highest BCUT2D eigenvalue weighted by molar-refractivity contribution is 5.84. The third-order valence-corrected chi connectivity index (χ3v) is 6.29. The molecule has 2 aliphatic rings. The second kappa shape index (κ2) is 9.36. The Kier molecular flexibility index (Phi) is 6.89. The molecule has 2 atom stereocenters. The van der Waals surface area contributed by atoms with Gasteiger partial charge in [0.25, 0.3) is 0 Å². The Balaban J connectivity index is 1.63. The smallest absolute Gasteiger partial charge is 0.237 e. The maximum absolute atomic E-state index is 13.1. The van der Waals surface area contributed by atoms with Crippen LogP contribution in [0.25, 0.3) is 0 Å². The third kappa shape index (κ3) is 4.52. The summed E-state index contributed by atoms with van der Waals surface area (Å²) in [4.78, 5) is 29.9. The van der Waals surface area contributed by atoms with Crippen molar-refractivity contribution in [3.63, 3.8) is 0 Å². The summed E-state index contributed by atoms with van der Waals surface area (Å²) in [7, 11) is 1.73. The maximum atomic E-state index is 13.1. The van der Waals surface area contributed by atoms with Gasteiger partial charge in [0.15, 0.2) is 0 Å². The lowest BCUT2D eigenvalue weighted by atomic mass is 9.93. The van der Waals surface area contributed by atoms with E-state index in [9.17, 15) is 9.59 Å². The second-order valence-electron chi connectivity index (χ2n) is 7.84. The van der Waals surface area contributed by atoms with Crippen LogP contribution >= 0.6 is 0 Å². The summed E-state index contributed by atoms with van der Waals surface area (Å²) in [6.45, 7) is 5.06. The number of carbonyl (C=O) groups is 2. The minimum atomic E-state index is -0.0673. The van der Waals surface area contributed by atoms with Gasteiger partial charge in [0, 0.05) is 33.2 Å². The van der Waals surface area contributed by atoms with Crippen LogP contribution in [0.3, 0.4) is 0 Å². The molecule has 148 valence electrons. The van der Waals surface area contributed by atoms with Gasteiger partial charge in [0.1, 0.15) is 0 Å². The van der Waals surface area contributed by atoms with E-state index in [1.807, 2.05) is 35.2 Å². The molecule has 0 bridgehead atoms. The van der Waals surface area contributed by atoms with Crippen LogP contribution < -0.4 is 5.32 Å². The van der Waals surface area contributed by atoms with Gasteiger partial charge in [-0.15, -0.1) is 0 Å². The molecule has 2 fully saturated rings. The predicted molar refractivity (Wildman–Crippen MR) is 107 cm³/mol. The molecule has 2 amide bonds. The Morgan fingerprint density at radius 3 is 2.26 bits per heavy atom. The number of hydrogen-bond donors (Lipinski definition) is 1. The van der Waals surface area contributed by atoms with Crippen molar-refractivity contribution in [3.8, 4) is 0 Å². The molecule has 5 nitrogen and oxygen atoms in total. The maximum Gasteiger partial charge on any atom is 0.237 e. The Bertz CT molecular complexity index is 620. The van der Waals surface area contributed by atoms with E-state index in [1.54, 1.807) is 7.05 Å². The van der Waals surface area contributed by atoms with Crippen molar-refractivity contribution in [1.82, 2.24) is 15.1 Å². The van der Waals surface area contributed by atoms with Gasteiger partial charge in [-0.25, -0.2) is 0 Å². The minimum absolute atomic E-state index is 0.0363. The van der Waals surface area contributed by atoms with Gasteiger partial charge in [0.05, 0.1) is 12.0 Å². The standard InChI is InChI=1S/C22H33N3O2/c1-3-19(17-9-5-4-6-10-17)22(27)25-15-13-24(14-16-25)20(21(26)23-2)18-11-7-8-12-18/h4-6,9-10,18-20H,3,7-8,11-16H2,1-2H3,(H,23,26). The average Bonchev–Trinajstić information content (AvgIpc) is 3.24. The molecule has 5 heteroatoms. The predicted octanol–water partition coefficient (Wildman–Crippen LogP) is 2.63. The minimum Gasteiger partial charge on any atom is -0.358 e. The van der Waals surface area contributed by atoms with Crippen LogP contribution in [0.5, 0.6) is 0 Å². The zero-order valence-electron chi connectivity index (χ0n) is 16.7. The lowest BCUT2D eigenvalue weighted by Crippen LogP contribution is -2.58. The monoisotopic (exact) mass is 371 g/mol. The highest BCUT2D eigenvalue weighted by Gasteiger charge is 2.37. The summed E-state index contributed by atoms with van der Waals surface area (Å²) in [5, 5.41) is 2.86. The van der Waals surface area contributed by atoms with E-state index in [0.29, 0.717) is 19.0 Å². The fourth-order valence-corrected chi connectivity index (χ4v) is 4.78. The van der Waals surface area contributed by atoms with E-state index in [1.165, 1.54) is 12.8 Å². The van der Waals surface area contributed by atoms with Crippen molar-refractivity contribution in [3.05, 3.63) is 35.9 Å². The molecule has 2 unspecified atom stereocenters. The van der Waals surface area contributed by atoms with E-state index in [0.717, 1.165) is 37.9 Å². The molecule has 1 aliphatic carbocycles. The lowest BCUT2D eigenvalue weighted by molar-refractivity contribution is -0.136. The van der Waals surface area contributed by atoms with Crippen LogP contribution in [0, 0.1) is 5.92 Å². The van der Waals surface area contributed by atoms with Gasteiger partial charge in [0.2, 0.25) is 11.8 Å². The van der Waals surface area contributed by atoms with Crippen LogP contribution in [0.4, 0.5) is 0 Å². The molecule has 1 aromatic rings. The molecule has 1 N–H and O–H groups in total. The van der Waals surface area contributed by atoms with Gasteiger partial charge in [-0.05, 0) is 30.7 Å². The topological polar surface area (TPSA) is 52.7 Å². The van der Waals surface area contributed by atoms with Crippen LogP contribution in [-0.2, 0) is 9.59 Å². The van der Waals surface area contributed by atoms with E-state index >= 15 is 0 Å². The van der Waals surface area contributed by atoms with Crippen molar-refractivity contribution >= 4 is 11.8 Å². The molecule has 1 aliphatic heterocycles. The molecule has 1 heterocycles. The summed E-state index contributed by atoms with van der Waals surface area (Å²) in [6.07, 6.45) is 5.55. The number of piperazine rings is 1. The van der Waals surface area contributed by atoms with Crippen molar-refractivity contribution in [1.29, 1.82) is 0 Å². The summed E-state index contributed by atoms with van der Waals surface area (Å²) in [5.41, 5.74) is 1.10. The first-order chi connectivity index (χ1) is 13.2. The number of benzene rings is 1. The molecule has 0 spiro atoms. The van der Waals surface area contributed by atoms with E-state index in [2.05, 4.69) is 17.1 Å². The number of carbonyl (C=O) groups excluding carboxylic acids is 2. The Morgan fingerprint density at radius 1 is 1.07 bits per heavy atom. The highest BCUT2D eigenvalue weighted by Crippen LogP contribution is 2.31. The van der Waals surface area contributed by atoms with Crippen molar-refractivity contribution in [2.24, 2.45) is 5.92 Å². The molecular weight excluding hydrogens is 338 g/mol. The molecule has 0 aromatic heterocycles. The van der Waals surface area contributed by atoms with Crippen molar-refractivity contribution in [2.75, 3.05) is 33.2 Å². The van der Waals surface area contributed by atoms with Crippen LogP contribution in [0.15, 0.2) is 30.3 Å². The largest absolute Gasteiger partial charge is 0.358 e. The zero-order chi connectivity index (χ0) is 19.2. The second-order valence-corrected chi connectivity index (χ2v) is 7.84. The Morgan fingerprint density at radius 2 is 1.70 bits per heavy atom. The molecular formula is C22H33N3O2. The first kappa shape index (κ1) is 19.9. The number of likely N-dealkylation sites (N-methyl/N-ethyl adjacent to an activating group) is 1. The molecule has 3 rings (SSSR count). The van der Waals surface area contributed by atoms with E-state index in [-0.39, 0.29) is 23.8 Å². The normalized spacial score (nSPS) is 21.0. The van der Waals surface area contributed by atoms with Gasteiger partial charge in [-0.1, -0.05) is 50.1 Å². The van der Waals surface area contributed by atoms with Crippen LogP contribution in [-0.4, -0.2) is 60.9 Å². The summed E-state index contributed by atoms with van der Waals surface area (Å²) in [5.74, 6) is 0.750. The molecule has 0 radical (unpaired) electrons. The number of amides is 2. The number of nitrogens with zero attached hydrogens (tertiary/aromatic N) is 2. The SMILES string of the molecule is CCC(C(=O)N1CCN(C(C(=O)NC)C2CCCC2)CC1)c1ccccc1. The molecule has 27 heavy (non-hydrogen) atoms. The lowest BCUT2D eigenvalue weighted by Gasteiger charge is -2.41. The Hall–Kier alpha value is -1.88. The summed E-state index contributed by atoms with van der Waals surface area (Å²) >= 11 is 0. The van der Waals surface area contributed by atoms with Gasteiger partial charge < -0.3 is 10.2 Å². The fraction of sp³-hybridized carbons (Fsp3) is 0.636. The van der Waals surface area contributed by atoms with E-state index in [4.69, 9.17) is 0 Å². The Labute approximate surface area is 163 Å². The molecule has 1 saturated carbocycles. The summed E-state index contributed by atoms with van der Waals surface area (Å²) < 4.78 is 0. The average molecular weight is 372 g/mol. The first-order valence-electron chi connectivity index (χ1n) is 10.4. The van der Waals surface area contributed by atoms with Crippen LogP contribution in [0.1, 0.15) is 50.5 Å². The van der Waals surface area contributed by atoms with Gasteiger partial charge >= 0.3 is 0 Å². The quantitative estimate of drug-likeness (QED) is 0.836. The summed E-state index contributed by atoms with van der Waals surface area (Å²) in [6, 6.07) is 10.0.